The highest BCUT2D eigenvalue weighted by molar-refractivity contribution is 6.26. The summed E-state index contributed by atoms with van der Waals surface area (Å²) in [4.78, 5) is 0. The van der Waals surface area contributed by atoms with Gasteiger partial charge in [0, 0.05) is 6.07 Å². The Morgan fingerprint density at radius 3 is 2.65 bits per heavy atom. The molecule has 0 unspecified atom stereocenters. The van der Waals surface area contributed by atoms with Crippen LogP contribution in [0.5, 0.6) is 0 Å². The summed E-state index contributed by atoms with van der Waals surface area (Å²) in [6.07, 6.45) is 2.18. The zero-order valence-electron chi connectivity index (χ0n) is 9.40. The highest BCUT2D eigenvalue weighted by Gasteiger charge is 2.03. The van der Waals surface area contributed by atoms with Crippen molar-refractivity contribution in [2.75, 3.05) is 0 Å². The summed E-state index contributed by atoms with van der Waals surface area (Å²) in [5, 5.41) is 16.9. The first-order valence-electron chi connectivity index (χ1n) is 5.51. The first-order chi connectivity index (χ1) is 8.09. The van der Waals surface area contributed by atoms with Crippen molar-refractivity contribution in [1.82, 2.24) is 0 Å². The molecule has 1 aromatic carbocycles. The zero-order chi connectivity index (χ0) is 12.7. The molecule has 1 aromatic rings. The van der Waals surface area contributed by atoms with Crippen molar-refractivity contribution in [2.24, 2.45) is 0 Å². The highest BCUT2D eigenvalue weighted by Crippen LogP contribution is 2.13. The molecule has 0 saturated heterocycles. The molecule has 0 aliphatic rings. The van der Waals surface area contributed by atoms with Gasteiger partial charge in [0.25, 0.3) is 6.48 Å². The molecule has 0 aliphatic carbocycles. The molecule has 3 nitrogen and oxygen atoms in total. The van der Waals surface area contributed by atoms with Gasteiger partial charge in [0.15, 0.2) is 9.76 Å². The van der Waals surface area contributed by atoms with Crippen molar-refractivity contribution < 1.29 is 23.4 Å². The van der Waals surface area contributed by atoms with Gasteiger partial charge in [-0.05, 0) is 30.5 Å². The fourth-order valence-electron chi connectivity index (χ4n) is 1.51. The van der Waals surface area contributed by atoms with E-state index in [1.165, 1.54) is 12.1 Å². The first kappa shape index (κ1) is 14.2. The van der Waals surface area contributed by atoms with E-state index < -0.39 is 27.9 Å². The van der Waals surface area contributed by atoms with Crippen molar-refractivity contribution in [3.63, 3.8) is 0 Å². The summed E-state index contributed by atoms with van der Waals surface area (Å²) in [5.74, 6) is -1.08. The third-order valence-electron chi connectivity index (χ3n) is 2.37. The quantitative estimate of drug-likeness (QED) is 0.439. The van der Waals surface area contributed by atoms with Gasteiger partial charge in [-0.25, -0.2) is 8.78 Å². The Labute approximate surface area is 101 Å². The number of unbranched alkanes of at least 4 members (excludes halogenated alkanes) is 1. The van der Waals surface area contributed by atoms with E-state index in [4.69, 9.17) is 10.2 Å². The number of hydrogen-bond acceptors (Lipinski definition) is 3. The summed E-state index contributed by atoms with van der Waals surface area (Å²) in [5.41, 5.74) is 0.510. The van der Waals surface area contributed by atoms with Crippen molar-refractivity contribution >= 4 is 9.76 Å². The van der Waals surface area contributed by atoms with Gasteiger partial charge in [0.05, 0.1) is 0 Å². The lowest BCUT2D eigenvalue weighted by atomic mass is 10.1. The predicted octanol–water partition coefficient (Wildman–Crippen LogP) is 1.07. The maximum Gasteiger partial charge on any atom is 0.256 e. The third kappa shape index (κ3) is 5.88. The van der Waals surface area contributed by atoms with Crippen molar-refractivity contribution in [3.05, 3.63) is 35.4 Å². The molecule has 0 amide bonds. The molecule has 0 aliphatic heterocycles. The Kier molecular flexibility index (Phi) is 6.28. The van der Waals surface area contributed by atoms with Gasteiger partial charge in [-0.2, -0.15) is 0 Å². The summed E-state index contributed by atoms with van der Waals surface area (Å²) in [6, 6.07) is 4.39. The van der Waals surface area contributed by atoms with Crippen molar-refractivity contribution in [1.29, 1.82) is 0 Å². The van der Waals surface area contributed by atoms with Gasteiger partial charge in [0.1, 0.15) is 11.6 Å². The van der Waals surface area contributed by atoms with E-state index in [-0.39, 0.29) is 0 Å². The standard InChI is InChI=1S/C11H16F2O3Si/c12-9-5-4-8(10(13)7-9)3-1-2-6-17-16-11(14)15/h4-5,7,11,14-15H,1-3,6,17H2. The molecule has 0 bridgehead atoms. The average Bonchev–Trinajstić information content (AvgIpc) is 2.25. The topological polar surface area (TPSA) is 49.7 Å². The molecule has 0 fully saturated rings. The van der Waals surface area contributed by atoms with Crippen LogP contribution in [0.3, 0.4) is 0 Å². The lowest BCUT2D eigenvalue weighted by Crippen LogP contribution is -2.13. The van der Waals surface area contributed by atoms with Crippen LogP contribution in [-0.4, -0.2) is 26.5 Å². The molecular formula is C11H16F2O3Si. The number of aliphatic hydroxyl groups excluding tert-OH is 1. The maximum atomic E-state index is 13.2. The van der Waals surface area contributed by atoms with Gasteiger partial charge in [-0.15, -0.1) is 0 Å². The fraction of sp³-hybridized carbons (Fsp3) is 0.455. The van der Waals surface area contributed by atoms with Crippen LogP contribution < -0.4 is 0 Å². The molecule has 1 rings (SSSR count). The van der Waals surface area contributed by atoms with E-state index in [9.17, 15) is 8.78 Å². The molecular weight excluding hydrogens is 246 g/mol. The number of benzene rings is 1. The maximum absolute atomic E-state index is 13.2. The number of aliphatic hydroxyl groups is 2. The SMILES string of the molecule is OC(O)O[SiH2]CCCCc1ccc(F)cc1F. The van der Waals surface area contributed by atoms with Crippen molar-refractivity contribution in [2.45, 2.75) is 31.8 Å². The smallest absolute Gasteiger partial charge is 0.256 e. The van der Waals surface area contributed by atoms with Gasteiger partial charge in [0.2, 0.25) is 0 Å². The van der Waals surface area contributed by atoms with E-state index in [0.717, 1.165) is 25.0 Å². The summed E-state index contributed by atoms with van der Waals surface area (Å²) in [6.45, 7) is -1.67. The minimum atomic E-state index is -1.67. The number of aryl methyl sites for hydroxylation is 1. The van der Waals surface area contributed by atoms with Crippen LogP contribution in [0.1, 0.15) is 18.4 Å². The van der Waals surface area contributed by atoms with Crippen LogP contribution in [0.15, 0.2) is 18.2 Å². The molecule has 6 heteroatoms. The van der Waals surface area contributed by atoms with Crippen LogP contribution in [0.25, 0.3) is 0 Å². The van der Waals surface area contributed by atoms with Gasteiger partial charge < -0.3 is 14.6 Å². The van der Waals surface area contributed by atoms with E-state index in [1.807, 2.05) is 0 Å². The third-order valence-corrected chi connectivity index (χ3v) is 3.70. The molecule has 2 N–H and O–H groups in total. The predicted molar refractivity (Wildman–Crippen MR) is 62.0 cm³/mol. The van der Waals surface area contributed by atoms with Crippen LogP contribution in [-0.2, 0) is 10.8 Å². The summed E-state index contributed by atoms with van der Waals surface area (Å²) < 4.78 is 30.5. The lowest BCUT2D eigenvalue weighted by Gasteiger charge is -2.05. The molecule has 0 aromatic heterocycles. The van der Waals surface area contributed by atoms with E-state index in [2.05, 4.69) is 4.43 Å². The van der Waals surface area contributed by atoms with Crippen LogP contribution in [0, 0.1) is 11.6 Å². The van der Waals surface area contributed by atoms with Gasteiger partial charge >= 0.3 is 0 Å². The van der Waals surface area contributed by atoms with Crippen LogP contribution >= 0.6 is 0 Å². The molecule has 0 radical (unpaired) electrons. The van der Waals surface area contributed by atoms with Gasteiger partial charge in [-0.1, -0.05) is 12.5 Å². The average molecular weight is 262 g/mol. The number of halogens is 2. The van der Waals surface area contributed by atoms with E-state index >= 15 is 0 Å². The number of hydrogen-bond donors (Lipinski definition) is 2. The molecule has 0 atom stereocenters. The molecule has 0 spiro atoms. The Hall–Kier alpha value is -0.823. The molecule has 17 heavy (non-hydrogen) atoms. The molecule has 96 valence electrons. The zero-order valence-corrected chi connectivity index (χ0v) is 10.8. The lowest BCUT2D eigenvalue weighted by molar-refractivity contribution is -0.180. The normalized spacial score (nSPS) is 11.8. The van der Waals surface area contributed by atoms with Crippen molar-refractivity contribution in [3.8, 4) is 0 Å². The Morgan fingerprint density at radius 2 is 2.00 bits per heavy atom. The van der Waals surface area contributed by atoms with E-state index in [1.54, 1.807) is 0 Å². The first-order valence-corrected chi connectivity index (χ1v) is 7.09. The Bertz CT molecular complexity index is 347. The van der Waals surface area contributed by atoms with Crippen LogP contribution in [0.4, 0.5) is 8.78 Å². The second kappa shape index (κ2) is 7.49. The minimum Gasteiger partial charge on any atom is -0.379 e. The number of rotatable bonds is 7. The fourth-order valence-corrected chi connectivity index (χ4v) is 2.44. The van der Waals surface area contributed by atoms with Crippen LogP contribution in [0.2, 0.25) is 6.04 Å². The highest BCUT2D eigenvalue weighted by atomic mass is 28.2. The van der Waals surface area contributed by atoms with Gasteiger partial charge in [-0.3, -0.25) is 0 Å². The molecule has 0 saturated carbocycles. The molecule has 0 heterocycles. The Balaban J connectivity index is 2.18. The Morgan fingerprint density at radius 1 is 1.24 bits per heavy atom. The monoisotopic (exact) mass is 262 g/mol. The second-order valence-corrected chi connectivity index (χ2v) is 5.19. The summed E-state index contributed by atoms with van der Waals surface area (Å²) >= 11 is 0. The van der Waals surface area contributed by atoms with E-state index in [0.29, 0.717) is 12.0 Å². The second-order valence-electron chi connectivity index (χ2n) is 3.74. The summed E-state index contributed by atoms with van der Waals surface area (Å²) in [7, 11) is -0.906. The largest absolute Gasteiger partial charge is 0.379 e. The minimum absolute atomic E-state index is 0.510.